The summed E-state index contributed by atoms with van der Waals surface area (Å²) in [7, 11) is 0. The highest BCUT2D eigenvalue weighted by Gasteiger charge is 2.12. The van der Waals surface area contributed by atoms with Gasteiger partial charge in [0.25, 0.3) is 11.8 Å². The maximum atomic E-state index is 12.3. The van der Waals surface area contributed by atoms with Crippen LogP contribution in [0.1, 0.15) is 35.3 Å². The summed E-state index contributed by atoms with van der Waals surface area (Å²) >= 11 is 0. The number of anilines is 1. The summed E-state index contributed by atoms with van der Waals surface area (Å²) < 4.78 is 5.60. The van der Waals surface area contributed by atoms with E-state index in [4.69, 9.17) is 4.74 Å². The Labute approximate surface area is 155 Å². The molecule has 0 atom stereocenters. The van der Waals surface area contributed by atoms with E-state index in [0.29, 0.717) is 30.1 Å². The van der Waals surface area contributed by atoms with E-state index in [1.807, 2.05) is 45.9 Å². The largest absolute Gasteiger partial charge is 0.483 e. The van der Waals surface area contributed by atoms with Crippen molar-refractivity contribution in [3.8, 4) is 5.75 Å². The van der Waals surface area contributed by atoms with E-state index in [2.05, 4.69) is 5.32 Å². The molecule has 1 N–H and O–H groups in total. The third-order valence-electron chi connectivity index (χ3n) is 4.38. The summed E-state index contributed by atoms with van der Waals surface area (Å²) in [4.78, 5) is 26.1. The Bertz CT molecular complexity index is 765. The molecule has 0 saturated heterocycles. The maximum Gasteiger partial charge on any atom is 0.262 e. The molecule has 0 aliphatic heterocycles. The lowest BCUT2D eigenvalue weighted by Gasteiger charge is -2.18. The van der Waals surface area contributed by atoms with Crippen molar-refractivity contribution in [2.24, 2.45) is 0 Å². The second-order valence-electron chi connectivity index (χ2n) is 6.09. The van der Waals surface area contributed by atoms with Crippen molar-refractivity contribution in [3.63, 3.8) is 0 Å². The lowest BCUT2D eigenvalue weighted by molar-refractivity contribution is -0.118. The predicted molar refractivity (Wildman–Crippen MR) is 104 cm³/mol. The van der Waals surface area contributed by atoms with E-state index >= 15 is 0 Å². The molecule has 0 unspecified atom stereocenters. The molecule has 2 aromatic rings. The first-order valence-corrected chi connectivity index (χ1v) is 8.84. The summed E-state index contributed by atoms with van der Waals surface area (Å²) in [5.41, 5.74) is 3.39. The first-order chi connectivity index (χ1) is 12.5. The fourth-order valence-corrected chi connectivity index (χ4v) is 2.61. The van der Waals surface area contributed by atoms with Gasteiger partial charge in [0.05, 0.1) is 0 Å². The Morgan fingerprint density at radius 2 is 1.65 bits per heavy atom. The number of carbonyl (C=O) groups excluding carboxylic acids is 2. The minimum absolute atomic E-state index is 0.00821. The monoisotopic (exact) mass is 354 g/mol. The molecular weight excluding hydrogens is 328 g/mol. The van der Waals surface area contributed by atoms with E-state index in [-0.39, 0.29) is 18.4 Å². The Morgan fingerprint density at radius 3 is 2.27 bits per heavy atom. The van der Waals surface area contributed by atoms with Gasteiger partial charge in [-0.05, 0) is 69.2 Å². The lowest BCUT2D eigenvalue weighted by Crippen LogP contribution is -2.30. The van der Waals surface area contributed by atoms with Crippen LogP contribution in [0.4, 0.5) is 5.69 Å². The van der Waals surface area contributed by atoms with Gasteiger partial charge in [-0.2, -0.15) is 0 Å². The smallest absolute Gasteiger partial charge is 0.262 e. The molecule has 2 aromatic carbocycles. The number of hydrogen-bond donors (Lipinski definition) is 1. The van der Waals surface area contributed by atoms with Crippen molar-refractivity contribution >= 4 is 17.5 Å². The van der Waals surface area contributed by atoms with Crippen LogP contribution in [-0.4, -0.2) is 36.4 Å². The Morgan fingerprint density at radius 1 is 1.00 bits per heavy atom. The minimum Gasteiger partial charge on any atom is -0.483 e. The number of amides is 2. The minimum atomic E-state index is -0.242. The standard InChI is InChI=1S/C21H26N2O3/c1-5-23(6-2)21(25)17-10-12-18(13-11-17)22-20(24)14-26-19-9-7-8-15(3)16(19)4/h7-13H,5-6,14H2,1-4H3,(H,22,24). The molecular formula is C21H26N2O3. The molecule has 2 amide bonds. The number of nitrogens with one attached hydrogen (secondary N) is 1. The number of aryl methyl sites for hydroxylation is 1. The SMILES string of the molecule is CCN(CC)C(=O)c1ccc(NC(=O)COc2cccc(C)c2C)cc1. The van der Waals surface area contributed by atoms with Crippen LogP contribution in [0.25, 0.3) is 0 Å². The molecule has 0 spiro atoms. The highest BCUT2D eigenvalue weighted by atomic mass is 16.5. The van der Waals surface area contributed by atoms with Crippen LogP contribution in [0.5, 0.6) is 5.75 Å². The predicted octanol–water partition coefficient (Wildman–Crippen LogP) is 3.80. The van der Waals surface area contributed by atoms with E-state index in [9.17, 15) is 9.59 Å². The Balaban J connectivity index is 1.93. The number of ether oxygens (including phenoxy) is 1. The van der Waals surface area contributed by atoms with Gasteiger partial charge in [-0.3, -0.25) is 9.59 Å². The Kier molecular flexibility index (Phi) is 6.78. The average molecular weight is 354 g/mol. The van der Waals surface area contributed by atoms with Crippen LogP contribution in [0.2, 0.25) is 0 Å². The number of carbonyl (C=O) groups is 2. The summed E-state index contributed by atoms with van der Waals surface area (Å²) in [5, 5.41) is 2.78. The van der Waals surface area contributed by atoms with E-state index < -0.39 is 0 Å². The second-order valence-corrected chi connectivity index (χ2v) is 6.09. The molecule has 138 valence electrons. The van der Waals surface area contributed by atoms with Crippen LogP contribution in [-0.2, 0) is 4.79 Å². The van der Waals surface area contributed by atoms with Crippen molar-refractivity contribution in [1.29, 1.82) is 0 Å². The van der Waals surface area contributed by atoms with E-state index in [0.717, 1.165) is 11.1 Å². The van der Waals surface area contributed by atoms with Gasteiger partial charge >= 0.3 is 0 Å². The molecule has 0 aliphatic rings. The second kappa shape index (κ2) is 9.04. The molecule has 2 rings (SSSR count). The molecule has 0 bridgehead atoms. The molecule has 0 radical (unpaired) electrons. The van der Waals surface area contributed by atoms with Gasteiger partial charge in [0, 0.05) is 24.3 Å². The third-order valence-corrected chi connectivity index (χ3v) is 4.38. The van der Waals surface area contributed by atoms with E-state index in [1.165, 1.54) is 0 Å². The normalized spacial score (nSPS) is 10.3. The lowest BCUT2D eigenvalue weighted by atomic mass is 10.1. The molecule has 0 fully saturated rings. The fourth-order valence-electron chi connectivity index (χ4n) is 2.61. The molecule has 0 aromatic heterocycles. The number of rotatable bonds is 7. The van der Waals surface area contributed by atoms with Crippen LogP contribution < -0.4 is 10.1 Å². The van der Waals surface area contributed by atoms with Gasteiger partial charge in [-0.25, -0.2) is 0 Å². The van der Waals surface area contributed by atoms with Gasteiger partial charge in [-0.15, -0.1) is 0 Å². The molecule has 0 aliphatic carbocycles. The van der Waals surface area contributed by atoms with E-state index in [1.54, 1.807) is 29.2 Å². The highest BCUT2D eigenvalue weighted by Crippen LogP contribution is 2.20. The molecule has 0 saturated carbocycles. The van der Waals surface area contributed by atoms with Crippen LogP contribution in [0, 0.1) is 13.8 Å². The summed E-state index contributed by atoms with van der Waals surface area (Å²) in [6.07, 6.45) is 0. The first-order valence-electron chi connectivity index (χ1n) is 8.84. The summed E-state index contributed by atoms with van der Waals surface area (Å²) in [6, 6.07) is 12.7. The van der Waals surface area contributed by atoms with Crippen molar-refractivity contribution in [3.05, 3.63) is 59.2 Å². The molecule has 0 heterocycles. The zero-order valence-corrected chi connectivity index (χ0v) is 15.8. The van der Waals surface area contributed by atoms with Crippen molar-refractivity contribution < 1.29 is 14.3 Å². The van der Waals surface area contributed by atoms with Crippen molar-refractivity contribution in [2.45, 2.75) is 27.7 Å². The van der Waals surface area contributed by atoms with Crippen LogP contribution in [0.3, 0.4) is 0 Å². The number of benzene rings is 2. The third kappa shape index (κ3) is 4.85. The number of hydrogen-bond acceptors (Lipinski definition) is 3. The van der Waals surface area contributed by atoms with Crippen LogP contribution >= 0.6 is 0 Å². The zero-order chi connectivity index (χ0) is 19.1. The molecule has 26 heavy (non-hydrogen) atoms. The summed E-state index contributed by atoms with van der Waals surface area (Å²) in [5.74, 6) is 0.458. The zero-order valence-electron chi connectivity index (χ0n) is 15.8. The molecule has 5 nitrogen and oxygen atoms in total. The highest BCUT2D eigenvalue weighted by molar-refractivity contribution is 5.96. The first kappa shape index (κ1) is 19.5. The van der Waals surface area contributed by atoms with Crippen LogP contribution in [0.15, 0.2) is 42.5 Å². The fraction of sp³-hybridized carbons (Fsp3) is 0.333. The maximum absolute atomic E-state index is 12.3. The number of nitrogens with zero attached hydrogens (tertiary/aromatic N) is 1. The quantitative estimate of drug-likeness (QED) is 0.823. The van der Waals surface area contributed by atoms with Crippen molar-refractivity contribution in [1.82, 2.24) is 4.90 Å². The average Bonchev–Trinajstić information content (AvgIpc) is 2.64. The van der Waals surface area contributed by atoms with Crippen molar-refractivity contribution in [2.75, 3.05) is 25.0 Å². The Hall–Kier alpha value is -2.82. The van der Waals surface area contributed by atoms with Gasteiger partial charge in [0.2, 0.25) is 0 Å². The van der Waals surface area contributed by atoms with Gasteiger partial charge in [0.15, 0.2) is 6.61 Å². The van der Waals surface area contributed by atoms with Gasteiger partial charge < -0.3 is 15.0 Å². The topological polar surface area (TPSA) is 58.6 Å². The molecule has 5 heteroatoms. The summed E-state index contributed by atoms with van der Waals surface area (Å²) in [6.45, 7) is 9.15. The van der Waals surface area contributed by atoms with Gasteiger partial charge in [0.1, 0.15) is 5.75 Å². The van der Waals surface area contributed by atoms with Gasteiger partial charge in [-0.1, -0.05) is 12.1 Å².